The fourth-order valence-corrected chi connectivity index (χ4v) is 3.61. The molecule has 0 aromatic heterocycles. The van der Waals surface area contributed by atoms with Crippen LogP contribution in [0, 0.1) is 5.92 Å². The Labute approximate surface area is 138 Å². The van der Waals surface area contributed by atoms with Crippen LogP contribution in [0.15, 0.2) is 0 Å². The lowest BCUT2D eigenvalue weighted by Crippen LogP contribution is -2.42. The molecular formula is C15H28N2O5S. The summed E-state index contributed by atoms with van der Waals surface area (Å²) in [5.41, 5.74) is 0. The van der Waals surface area contributed by atoms with Crippen LogP contribution in [0.2, 0.25) is 0 Å². The summed E-state index contributed by atoms with van der Waals surface area (Å²) in [6.07, 6.45) is 7.04. The van der Waals surface area contributed by atoms with Gasteiger partial charge in [0.25, 0.3) is 0 Å². The van der Waals surface area contributed by atoms with Gasteiger partial charge in [0.05, 0.1) is 6.26 Å². The van der Waals surface area contributed by atoms with Crippen molar-refractivity contribution in [2.75, 3.05) is 25.9 Å². The highest BCUT2D eigenvalue weighted by Crippen LogP contribution is 2.19. The summed E-state index contributed by atoms with van der Waals surface area (Å²) in [5, 5.41) is 11.4. The quantitative estimate of drug-likeness (QED) is 0.577. The van der Waals surface area contributed by atoms with E-state index in [0.717, 1.165) is 25.7 Å². The molecule has 1 fully saturated rings. The molecule has 0 atom stereocenters. The van der Waals surface area contributed by atoms with Crippen molar-refractivity contribution in [1.29, 1.82) is 0 Å². The first kappa shape index (κ1) is 19.9. The topological polar surface area (TPSA) is 104 Å². The number of nitrogens with one attached hydrogen (secondary N) is 1. The molecule has 1 rings (SSSR count). The molecule has 8 heteroatoms. The summed E-state index contributed by atoms with van der Waals surface area (Å²) in [5.74, 6) is -0.827. The minimum absolute atomic E-state index is 0.0176. The van der Waals surface area contributed by atoms with Crippen LogP contribution in [0.3, 0.4) is 0 Å². The van der Waals surface area contributed by atoms with Crippen molar-refractivity contribution in [2.45, 2.75) is 51.4 Å². The average Bonchev–Trinajstić information content (AvgIpc) is 2.48. The van der Waals surface area contributed by atoms with Crippen molar-refractivity contribution < 1.29 is 23.1 Å². The van der Waals surface area contributed by atoms with Gasteiger partial charge in [-0.3, -0.25) is 9.59 Å². The van der Waals surface area contributed by atoms with Gasteiger partial charge in [0, 0.05) is 32.0 Å². The molecule has 0 bridgehead atoms. The molecule has 0 aromatic carbocycles. The van der Waals surface area contributed by atoms with Crippen molar-refractivity contribution in [3.05, 3.63) is 0 Å². The molecule has 1 aliphatic heterocycles. The lowest BCUT2D eigenvalue weighted by Gasteiger charge is -2.29. The number of amides is 1. The molecule has 1 saturated heterocycles. The molecule has 1 amide bonds. The number of carboxylic acids is 1. The number of carboxylic acid groups (broad SMARTS) is 1. The Bertz CT molecular complexity index is 484. The van der Waals surface area contributed by atoms with Gasteiger partial charge in [-0.25, -0.2) is 12.7 Å². The molecule has 2 N–H and O–H groups in total. The van der Waals surface area contributed by atoms with Gasteiger partial charge >= 0.3 is 5.97 Å². The molecule has 23 heavy (non-hydrogen) atoms. The van der Waals surface area contributed by atoms with E-state index in [-0.39, 0.29) is 18.2 Å². The van der Waals surface area contributed by atoms with Crippen molar-refractivity contribution in [2.24, 2.45) is 5.92 Å². The van der Waals surface area contributed by atoms with Gasteiger partial charge in [-0.1, -0.05) is 19.3 Å². The molecule has 0 unspecified atom stereocenters. The van der Waals surface area contributed by atoms with Gasteiger partial charge in [0.1, 0.15) is 0 Å². The van der Waals surface area contributed by atoms with E-state index in [1.165, 1.54) is 10.6 Å². The van der Waals surface area contributed by atoms with Crippen molar-refractivity contribution in [3.63, 3.8) is 0 Å². The first-order valence-electron chi connectivity index (χ1n) is 8.25. The predicted molar refractivity (Wildman–Crippen MR) is 87.5 cm³/mol. The summed E-state index contributed by atoms with van der Waals surface area (Å²) < 4.78 is 24.2. The SMILES string of the molecule is CS(=O)(=O)N1CCC(C(=O)NCCCCCCCC(=O)O)CC1. The van der Waals surface area contributed by atoms with E-state index in [2.05, 4.69) is 5.32 Å². The second-order valence-corrected chi connectivity index (χ2v) is 8.12. The van der Waals surface area contributed by atoms with E-state index >= 15 is 0 Å². The van der Waals surface area contributed by atoms with Crippen LogP contribution in [-0.4, -0.2) is 55.6 Å². The molecule has 0 aliphatic carbocycles. The third kappa shape index (κ3) is 8.31. The van der Waals surface area contributed by atoms with Gasteiger partial charge in [-0.15, -0.1) is 0 Å². The van der Waals surface area contributed by atoms with E-state index in [9.17, 15) is 18.0 Å². The van der Waals surface area contributed by atoms with Gasteiger partial charge in [-0.2, -0.15) is 0 Å². The second-order valence-electron chi connectivity index (χ2n) is 6.14. The number of carbonyl (C=O) groups is 2. The second kappa shape index (κ2) is 9.87. The van der Waals surface area contributed by atoms with Gasteiger partial charge in [0.15, 0.2) is 0 Å². The van der Waals surface area contributed by atoms with E-state index in [4.69, 9.17) is 5.11 Å². The van der Waals surface area contributed by atoms with Crippen LogP contribution < -0.4 is 5.32 Å². The van der Waals surface area contributed by atoms with E-state index in [1.54, 1.807) is 0 Å². The van der Waals surface area contributed by atoms with Gasteiger partial charge < -0.3 is 10.4 Å². The van der Waals surface area contributed by atoms with Crippen molar-refractivity contribution >= 4 is 21.9 Å². The Morgan fingerprint density at radius 1 is 1.09 bits per heavy atom. The summed E-state index contributed by atoms with van der Waals surface area (Å²) >= 11 is 0. The van der Waals surface area contributed by atoms with Crippen LogP contribution in [0.4, 0.5) is 0 Å². The highest BCUT2D eigenvalue weighted by atomic mass is 32.2. The van der Waals surface area contributed by atoms with Crippen molar-refractivity contribution in [3.8, 4) is 0 Å². The largest absolute Gasteiger partial charge is 0.481 e. The normalized spacial score (nSPS) is 17.1. The molecule has 0 spiro atoms. The molecule has 1 aliphatic rings. The lowest BCUT2D eigenvalue weighted by molar-refractivity contribution is -0.137. The third-order valence-electron chi connectivity index (χ3n) is 4.16. The number of carbonyl (C=O) groups excluding carboxylic acids is 1. The Morgan fingerprint density at radius 2 is 1.65 bits per heavy atom. The number of unbranched alkanes of at least 4 members (excludes halogenated alkanes) is 4. The van der Waals surface area contributed by atoms with Crippen LogP contribution in [0.1, 0.15) is 51.4 Å². The van der Waals surface area contributed by atoms with Crippen LogP contribution in [0.5, 0.6) is 0 Å². The highest BCUT2D eigenvalue weighted by molar-refractivity contribution is 7.88. The summed E-state index contributed by atoms with van der Waals surface area (Å²) in [6, 6.07) is 0. The predicted octanol–water partition coefficient (Wildman–Crippen LogP) is 1.20. The van der Waals surface area contributed by atoms with Crippen LogP contribution in [-0.2, 0) is 19.6 Å². The molecule has 0 aromatic rings. The summed E-state index contributed by atoms with van der Waals surface area (Å²) in [6.45, 7) is 1.46. The van der Waals surface area contributed by atoms with Crippen molar-refractivity contribution in [1.82, 2.24) is 9.62 Å². The first-order chi connectivity index (χ1) is 10.8. The average molecular weight is 348 g/mol. The van der Waals surface area contributed by atoms with E-state index in [0.29, 0.717) is 38.9 Å². The maximum atomic E-state index is 12.0. The third-order valence-corrected chi connectivity index (χ3v) is 5.46. The number of aliphatic carboxylic acids is 1. The molecule has 7 nitrogen and oxygen atoms in total. The number of piperidine rings is 1. The fourth-order valence-electron chi connectivity index (χ4n) is 2.74. The first-order valence-corrected chi connectivity index (χ1v) is 10.1. The fraction of sp³-hybridized carbons (Fsp3) is 0.867. The number of rotatable bonds is 10. The van der Waals surface area contributed by atoms with E-state index in [1.807, 2.05) is 0 Å². The van der Waals surface area contributed by atoms with Gasteiger partial charge in [0.2, 0.25) is 15.9 Å². The number of sulfonamides is 1. The molecule has 134 valence electrons. The Morgan fingerprint density at radius 3 is 2.22 bits per heavy atom. The monoisotopic (exact) mass is 348 g/mol. The molecule has 0 saturated carbocycles. The standard InChI is InChI=1S/C15H28N2O5S/c1-23(21,22)17-11-8-13(9-12-17)15(20)16-10-6-4-2-3-5-7-14(18)19/h13H,2-12H2,1H3,(H,16,20)(H,18,19). The zero-order chi connectivity index (χ0) is 17.3. The summed E-state index contributed by atoms with van der Waals surface area (Å²) in [7, 11) is -3.15. The number of hydrogen-bond acceptors (Lipinski definition) is 4. The summed E-state index contributed by atoms with van der Waals surface area (Å²) in [4.78, 5) is 22.4. The molecule has 0 radical (unpaired) electrons. The maximum Gasteiger partial charge on any atom is 0.303 e. The lowest BCUT2D eigenvalue weighted by atomic mass is 9.97. The Balaban J connectivity index is 2.06. The molecule has 1 heterocycles. The molecular weight excluding hydrogens is 320 g/mol. The van der Waals surface area contributed by atoms with Crippen LogP contribution in [0.25, 0.3) is 0 Å². The number of nitrogens with zero attached hydrogens (tertiary/aromatic N) is 1. The highest BCUT2D eigenvalue weighted by Gasteiger charge is 2.28. The minimum Gasteiger partial charge on any atom is -0.481 e. The minimum atomic E-state index is -3.15. The maximum absolute atomic E-state index is 12.0. The smallest absolute Gasteiger partial charge is 0.303 e. The Hall–Kier alpha value is -1.15. The zero-order valence-corrected chi connectivity index (χ0v) is 14.6. The number of hydrogen-bond donors (Lipinski definition) is 2. The zero-order valence-electron chi connectivity index (χ0n) is 13.8. The van der Waals surface area contributed by atoms with Gasteiger partial charge in [-0.05, 0) is 25.7 Å². The van der Waals surface area contributed by atoms with Crippen LogP contribution >= 0.6 is 0 Å². The Kier molecular flexibility index (Phi) is 8.54. The van der Waals surface area contributed by atoms with E-state index < -0.39 is 16.0 Å².